The van der Waals surface area contributed by atoms with Crippen LogP contribution in [0.2, 0.25) is 0 Å². The second-order valence-corrected chi connectivity index (χ2v) is 6.83. The quantitative estimate of drug-likeness (QED) is 0.542. The van der Waals surface area contributed by atoms with Crippen molar-refractivity contribution in [1.82, 2.24) is 4.90 Å². The zero-order valence-electron chi connectivity index (χ0n) is 15.4. The Morgan fingerprint density at radius 2 is 1.93 bits per heavy atom. The first-order valence-electron chi connectivity index (χ1n) is 9.05. The van der Waals surface area contributed by atoms with Gasteiger partial charge in [-0.25, -0.2) is 0 Å². The van der Waals surface area contributed by atoms with Crippen molar-refractivity contribution >= 4 is 11.6 Å². The summed E-state index contributed by atoms with van der Waals surface area (Å²) in [5.41, 5.74) is 0.0300. The van der Waals surface area contributed by atoms with Gasteiger partial charge in [0.15, 0.2) is 0 Å². The first-order valence-corrected chi connectivity index (χ1v) is 9.05. The molecule has 0 aromatic heterocycles. The zero-order chi connectivity index (χ0) is 21.0. The molecule has 1 fully saturated rings. The third kappa shape index (κ3) is 5.32. The molecule has 1 aliphatic rings. The maximum absolute atomic E-state index is 12.7. The van der Waals surface area contributed by atoms with Crippen molar-refractivity contribution < 1.29 is 27.6 Å². The van der Waals surface area contributed by atoms with E-state index in [9.17, 15) is 28.1 Å². The van der Waals surface area contributed by atoms with Crippen LogP contribution in [0.1, 0.15) is 34.3 Å². The van der Waals surface area contributed by atoms with Crippen LogP contribution in [0.5, 0.6) is 0 Å². The highest BCUT2D eigenvalue weighted by Crippen LogP contribution is 2.29. The fraction of sp³-hybridized carbons (Fsp3) is 0.350. The number of hydrogen-bond donors (Lipinski definition) is 0. The van der Waals surface area contributed by atoms with E-state index in [4.69, 9.17) is 4.74 Å². The standard InChI is InChI=1S/C20H19F3N2O4/c21-20(22,23)16-8-6-15(7-9-16)19(26)24-10-2-5-18(12-24)29-13-14-3-1-4-17(11-14)25(27)28/h1,3-4,6-9,11,18H,2,5,10,12-13H2. The summed E-state index contributed by atoms with van der Waals surface area (Å²) >= 11 is 0. The molecular formula is C20H19F3N2O4. The van der Waals surface area contributed by atoms with Crippen molar-refractivity contribution in [2.24, 2.45) is 0 Å². The largest absolute Gasteiger partial charge is 0.416 e. The molecule has 1 aliphatic heterocycles. The summed E-state index contributed by atoms with van der Waals surface area (Å²) in [5, 5.41) is 10.8. The number of nitro groups is 1. The molecule has 3 rings (SSSR count). The predicted molar refractivity (Wildman–Crippen MR) is 98.3 cm³/mol. The number of ether oxygens (including phenoxy) is 1. The number of nitrogens with zero attached hydrogens (tertiary/aromatic N) is 2. The Hall–Kier alpha value is -2.94. The van der Waals surface area contributed by atoms with E-state index >= 15 is 0 Å². The smallest absolute Gasteiger partial charge is 0.372 e. The van der Waals surface area contributed by atoms with E-state index in [-0.39, 0.29) is 29.9 Å². The van der Waals surface area contributed by atoms with E-state index in [0.29, 0.717) is 25.1 Å². The molecule has 0 N–H and O–H groups in total. The molecule has 0 bridgehead atoms. The molecule has 0 spiro atoms. The minimum atomic E-state index is -4.45. The normalized spacial score (nSPS) is 17.2. The lowest BCUT2D eigenvalue weighted by atomic mass is 10.1. The Morgan fingerprint density at radius 3 is 2.59 bits per heavy atom. The molecule has 154 valence electrons. The third-order valence-electron chi connectivity index (χ3n) is 4.73. The maximum atomic E-state index is 12.7. The van der Waals surface area contributed by atoms with Gasteiger partial charge in [-0.3, -0.25) is 14.9 Å². The summed E-state index contributed by atoms with van der Waals surface area (Å²) in [6.07, 6.45) is -3.27. The summed E-state index contributed by atoms with van der Waals surface area (Å²) in [6, 6.07) is 10.3. The summed E-state index contributed by atoms with van der Waals surface area (Å²) < 4.78 is 43.8. The monoisotopic (exact) mass is 408 g/mol. The van der Waals surface area contributed by atoms with Gasteiger partial charge in [0.05, 0.1) is 23.2 Å². The molecule has 9 heteroatoms. The lowest BCUT2D eigenvalue weighted by Crippen LogP contribution is -2.43. The van der Waals surface area contributed by atoms with E-state index in [1.807, 2.05) is 0 Å². The average Bonchev–Trinajstić information content (AvgIpc) is 2.71. The van der Waals surface area contributed by atoms with Crippen LogP contribution in [-0.4, -0.2) is 34.9 Å². The molecule has 0 radical (unpaired) electrons. The van der Waals surface area contributed by atoms with E-state index < -0.39 is 16.7 Å². The Morgan fingerprint density at radius 1 is 1.21 bits per heavy atom. The highest BCUT2D eigenvalue weighted by molar-refractivity contribution is 5.94. The number of carbonyl (C=O) groups excluding carboxylic acids is 1. The van der Waals surface area contributed by atoms with Gasteiger partial charge in [0.1, 0.15) is 0 Å². The number of piperidine rings is 1. The highest BCUT2D eigenvalue weighted by atomic mass is 19.4. The fourth-order valence-electron chi connectivity index (χ4n) is 3.22. The van der Waals surface area contributed by atoms with Gasteiger partial charge < -0.3 is 9.64 Å². The van der Waals surface area contributed by atoms with Crippen LogP contribution < -0.4 is 0 Å². The lowest BCUT2D eigenvalue weighted by molar-refractivity contribution is -0.385. The number of benzene rings is 2. The van der Waals surface area contributed by atoms with Crippen molar-refractivity contribution in [3.63, 3.8) is 0 Å². The number of amides is 1. The number of non-ortho nitro benzene ring substituents is 1. The van der Waals surface area contributed by atoms with Crippen molar-refractivity contribution in [2.45, 2.75) is 31.7 Å². The van der Waals surface area contributed by atoms with Gasteiger partial charge in [-0.1, -0.05) is 12.1 Å². The minimum Gasteiger partial charge on any atom is -0.372 e. The topological polar surface area (TPSA) is 72.7 Å². The van der Waals surface area contributed by atoms with E-state index in [0.717, 1.165) is 18.6 Å². The van der Waals surface area contributed by atoms with Gasteiger partial charge in [-0.15, -0.1) is 0 Å². The van der Waals surface area contributed by atoms with Gasteiger partial charge >= 0.3 is 6.18 Å². The number of hydrogen-bond acceptors (Lipinski definition) is 4. The van der Waals surface area contributed by atoms with Crippen LogP contribution in [0, 0.1) is 10.1 Å². The summed E-state index contributed by atoms with van der Waals surface area (Å²) in [5.74, 6) is -0.345. The van der Waals surface area contributed by atoms with Gasteiger partial charge in [-0.2, -0.15) is 13.2 Å². The molecule has 0 saturated carbocycles. The molecule has 29 heavy (non-hydrogen) atoms. The Kier molecular flexibility index (Phi) is 6.17. The van der Waals surface area contributed by atoms with Gasteiger partial charge in [0.25, 0.3) is 11.6 Å². The van der Waals surface area contributed by atoms with Gasteiger partial charge in [-0.05, 0) is 42.7 Å². The van der Waals surface area contributed by atoms with E-state index in [1.165, 1.54) is 24.3 Å². The number of nitro benzene ring substituents is 1. The van der Waals surface area contributed by atoms with Gasteiger partial charge in [0, 0.05) is 30.8 Å². The Bertz CT molecular complexity index is 884. The summed E-state index contributed by atoms with van der Waals surface area (Å²) in [7, 11) is 0. The SMILES string of the molecule is O=C(c1ccc(C(F)(F)F)cc1)N1CCCC(OCc2cccc([N+](=O)[O-])c2)C1. The van der Waals surface area contributed by atoms with Crippen molar-refractivity contribution in [1.29, 1.82) is 0 Å². The van der Waals surface area contributed by atoms with Crippen LogP contribution in [0.4, 0.5) is 18.9 Å². The predicted octanol–water partition coefficient (Wildman–Crippen LogP) is 4.44. The summed E-state index contributed by atoms with van der Waals surface area (Å²) in [6.45, 7) is 0.986. The molecule has 1 atom stereocenters. The van der Waals surface area contributed by atoms with Crippen molar-refractivity contribution in [2.75, 3.05) is 13.1 Å². The third-order valence-corrected chi connectivity index (χ3v) is 4.73. The van der Waals surface area contributed by atoms with Crippen LogP contribution in [0.3, 0.4) is 0 Å². The summed E-state index contributed by atoms with van der Waals surface area (Å²) in [4.78, 5) is 24.5. The molecular weight excluding hydrogens is 389 g/mol. The van der Waals surface area contributed by atoms with Crippen LogP contribution in [-0.2, 0) is 17.5 Å². The number of halogens is 3. The van der Waals surface area contributed by atoms with E-state index in [2.05, 4.69) is 0 Å². The zero-order valence-corrected chi connectivity index (χ0v) is 15.4. The van der Waals surface area contributed by atoms with Crippen LogP contribution >= 0.6 is 0 Å². The molecule has 1 heterocycles. The first-order chi connectivity index (χ1) is 13.7. The maximum Gasteiger partial charge on any atom is 0.416 e. The molecule has 2 aromatic carbocycles. The molecule has 1 amide bonds. The Balaban J connectivity index is 1.59. The van der Waals surface area contributed by atoms with E-state index in [1.54, 1.807) is 17.0 Å². The Labute approximate surface area is 165 Å². The lowest BCUT2D eigenvalue weighted by Gasteiger charge is -2.32. The fourth-order valence-corrected chi connectivity index (χ4v) is 3.22. The number of rotatable bonds is 5. The highest BCUT2D eigenvalue weighted by Gasteiger charge is 2.31. The van der Waals surface area contributed by atoms with Gasteiger partial charge in [0.2, 0.25) is 0 Å². The minimum absolute atomic E-state index is 0.0196. The second kappa shape index (κ2) is 8.60. The number of alkyl halides is 3. The average molecular weight is 408 g/mol. The number of carbonyl (C=O) groups is 1. The molecule has 6 nitrogen and oxygen atoms in total. The van der Waals surface area contributed by atoms with Crippen LogP contribution in [0.25, 0.3) is 0 Å². The first kappa shape index (κ1) is 20.8. The molecule has 1 saturated heterocycles. The molecule has 2 aromatic rings. The van der Waals surface area contributed by atoms with Crippen molar-refractivity contribution in [3.8, 4) is 0 Å². The number of likely N-dealkylation sites (tertiary alicyclic amines) is 1. The molecule has 1 unspecified atom stereocenters. The van der Waals surface area contributed by atoms with Crippen molar-refractivity contribution in [3.05, 3.63) is 75.3 Å². The second-order valence-electron chi connectivity index (χ2n) is 6.83. The van der Waals surface area contributed by atoms with Crippen LogP contribution in [0.15, 0.2) is 48.5 Å². The molecule has 0 aliphatic carbocycles.